The number of hydrogen-bond acceptors (Lipinski definition) is 4. The molecular weight excluding hydrogens is 374 g/mol. The molecule has 1 amide bonds. The second-order valence-electron chi connectivity index (χ2n) is 8.88. The Morgan fingerprint density at radius 3 is 2.50 bits per heavy atom. The topological polar surface area (TPSA) is 36.0 Å². The van der Waals surface area contributed by atoms with Crippen LogP contribution in [0.2, 0.25) is 0 Å². The number of nitrogens with zero attached hydrogens (tertiary/aromatic N) is 3. The molecule has 2 fully saturated rings. The number of hydrogen-bond donors (Lipinski definition) is 0. The van der Waals surface area contributed by atoms with Crippen LogP contribution in [-0.4, -0.2) is 56.7 Å². The van der Waals surface area contributed by atoms with Crippen molar-refractivity contribution in [2.24, 2.45) is 5.92 Å². The van der Waals surface area contributed by atoms with Gasteiger partial charge in [-0.2, -0.15) is 0 Å². The molecule has 0 aliphatic carbocycles. The van der Waals surface area contributed by atoms with Crippen molar-refractivity contribution in [3.63, 3.8) is 0 Å². The minimum absolute atomic E-state index is 0.0113. The summed E-state index contributed by atoms with van der Waals surface area (Å²) < 4.78 is 5.50. The summed E-state index contributed by atoms with van der Waals surface area (Å²) in [6.45, 7) is 6.71. The van der Waals surface area contributed by atoms with E-state index in [2.05, 4.69) is 58.0 Å². The first kappa shape index (κ1) is 19.3. The van der Waals surface area contributed by atoms with E-state index in [0.717, 1.165) is 57.7 Å². The van der Waals surface area contributed by atoms with Crippen LogP contribution in [0.25, 0.3) is 0 Å². The molecule has 30 heavy (non-hydrogen) atoms. The van der Waals surface area contributed by atoms with Crippen molar-refractivity contribution in [3.05, 3.63) is 53.6 Å². The zero-order valence-corrected chi connectivity index (χ0v) is 18.0. The molecule has 3 aliphatic rings. The molecule has 2 aromatic rings. The predicted molar refractivity (Wildman–Crippen MR) is 121 cm³/mol. The van der Waals surface area contributed by atoms with Crippen molar-refractivity contribution in [1.82, 2.24) is 4.90 Å². The van der Waals surface area contributed by atoms with Gasteiger partial charge in [-0.1, -0.05) is 23.8 Å². The van der Waals surface area contributed by atoms with Gasteiger partial charge in [0.25, 0.3) is 0 Å². The highest BCUT2D eigenvalue weighted by atomic mass is 16.5. The quantitative estimate of drug-likeness (QED) is 0.783. The number of aryl methyl sites for hydroxylation is 1. The van der Waals surface area contributed by atoms with Crippen molar-refractivity contribution >= 4 is 17.3 Å². The highest BCUT2D eigenvalue weighted by Crippen LogP contribution is 2.39. The molecule has 2 saturated heterocycles. The molecule has 3 aliphatic heterocycles. The van der Waals surface area contributed by atoms with Gasteiger partial charge < -0.3 is 19.4 Å². The number of anilines is 2. The molecule has 3 heterocycles. The van der Waals surface area contributed by atoms with E-state index in [0.29, 0.717) is 5.91 Å². The maximum absolute atomic E-state index is 13.5. The van der Waals surface area contributed by atoms with E-state index < -0.39 is 0 Å². The van der Waals surface area contributed by atoms with E-state index in [4.69, 9.17) is 4.74 Å². The maximum Gasteiger partial charge on any atom is 0.228 e. The summed E-state index contributed by atoms with van der Waals surface area (Å²) in [7, 11) is 1.72. The van der Waals surface area contributed by atoms with E-state index >= 15 is 0 Å². The lowest BCUT2D eigenvalue weighted by Crippen LogP contribution is -2.61. The van der Waals surface area contributed by atoms with E-state index in [1.54, 1.807) is 7.11 Å². The molecular formula is C25H31N3O2. The molecule has 5 rings (SSSR count). The third kappa shape index (κ3) is 3.40. The van der Waals surface area contributed by atoms with Crippen molar-refractivity contribution in [1.29, 1.82) is 0 Å². The van der Waals surface area contributed by atoms with E-state index in [1.807, 2.05) is 6.07 Å². The van der Waals surface area contributed by atoms with E-state index in [-0.39, 0.29) is 12.0 Å². The van der Waals surface area contributed by atoms with Crippen LogP contribution in [0.5, 0.6) is 5.75 Å². The third-order valence-corrected chi connectivity index (χ3v) is 7.06. The largest absolute Gasteiger partial charge is 0.497 e. The maximum atomic E-state index is 13.5. The molecule has 0 spiro atoms. The number of likely N-dealkylation sites (tertiary alicyclic amines) is 1. The molecule has 158 valence electrons. The number of rotatable bonds is 3. The molecule has 5 nitrogen and oxygen atoms in total. The Balaban J connectivity index is 1.48. The van der Waals surface area contributed by atoms with Gasteiger partial charge in [0, 0.05) is 50.2 Å². The number of carbonyl (C=O) groups is 1. The van der Waals surface area contributed by atoms with Crippen molar-refractivity contribution in [2.75, 3.05) is 49.6 Å². The molecule has 0 bridgehead atoms. The van der Waals surface area contributed by atoms with Gasteiger partial charge in [-0.15, -0.1) is 0 Å². The summed E-state index contributed by atoms with van der Waals surface area (Å²) in [6.07, 6.45) is 3.09. The van der Waals surface area contributed by atoms with Crippen LogP contribution in [0.15, 0.2) is 42.5 Å². The van der Waals surface area contributed by atoms with E-state index in [9.17, 15) is 4.79 Å². The molecule has 0 saturated carbocycles. The molecule has 0 unspecified atom stereocenters. The Morgan fingerprint density at radius 2 is 1.77 bits per heavy atom. The fraction of sp³-hybridized carbons (Fsp3) is 0.480. The van der Waals surface area contributed by atoms with Gasteiger partial charge in [-0.3, -0.25) is 4.79 Å². The van der Waals surface area contributed by atoms with Crippen molar-refractivity contribution in [2.45, 2.75) is 32.2 Å². The lowest BCUT2D eigenvalue weighted by Gasteiger charge is -2.50. The highest BCUT2D eigenvalue weighted by molar-refractivity contribution is 5.83. The van der Waals surface area contributed by atoms with Crippen LogP contribution >= 0.6 is 0 Å². The average Bonchev–Trinajstić information content (AvgIpc) is 3.33. The Hall–Kier alpha value is -2.69. The van der Waals surface area contributed by atoms with Gasteiger partial charge in [0.2, 0.25) is 5.91 Å². The Bertz CT molecular complexity index is 920. The van der Waals surface area contributed by atoms with E-state index in [1.165, 1.54) is 22.5 Å². The number of amides is 1. The first-order valence-corrected chi connectivity index (χ1v) is 11.2. The normalized spacial score (nSPS) is 23.2. The van der Waals surface area contributed by atoms with Gasteiger partial charge in [0.1, 0.15) is 5.75 Å². The van der Waals surface area contributed by atoms with Crippen LogP contribution in [-0.2, 0) is 11.2 Å². The number of piperazine rings is 1. The highest BCUT2D eigenvalue weighted by Gasteiger charge is 2.43. The smallest absolute Gasteiger partial charge is 0.228 e. The summed E-state index contributed by atoms with van der Waals surface area (Å²) in [5, 5.41) is 0. The fourth-order valence-corrected chi connectivity index (χ4v) is 5.35. The molecule has 0 radical (unpaired) electrons. The Labute approximate surface area is 179 Å². The van der Waals surface area contributed by atoms with Gasteiger partial charge in [0.15, 0.2) is 0 Å². The monoisotopic (exact) mass is 405 g/mol. The number of fused-ring (bicyclic) bond motifs is 3. The van der Waals surface area contributed by atoms with Crippen LogP contribution in [0.1, 0.15) is 24.0 Å². The summed E-state index contributed by atoms with van der Waals surface area (Å²) in [5.41, 5.74) is 5.05. The van der Waals surface area contributed by atoms with Crippen LogP contribution < -0.4 is 14.5 Å². The zero-order valence-electron chi connectivity index (χ0n) is 18.0. The summed E-state index contributed by atoms with van der Waals surface area (Å²) in [6, 6.07) is 15.3. The molecule has 5 heteroatoms. The zero-order chi connectivity index (χ0) is 20.7. The van der Waals surface area contributed by atoms with Gasteiger partial charge in [-0.05, 0) is 49.9 Å². The Kier molecular flexibility index (Phi) is 5.05. The van der Waals surface area contributed by atoms with Crippen molar-refractivity contribution in [3.8, 4) is 5.75 Å². The lowest BCUT2D eigenvalue weighted by molar-refractivity contribution is -0.135. The minimum atomic E-state index is 0.0113. The lowest BCUT2D eigenvalue weighted by atomic mass is 9.83. The first-order chi connectivity index (χ1) is 14.6. The van der Waals surface area contributed by atoms with Gasteiger partial charge in [-0.25, -0.2) is 0 Å². The second kappa shape index (κ2) is 7.86. The first-order valence-electron chi connectivity index (χ1n) is 11.2. The standard InChI is InChI=1S/C25H31N3O2/c1-18-5-8-20(9-6-18)27-13-14-28-23-16-21(30-2)10-7-19(23)15-22(24(28)17-27)25(29)26-11-3-4-12-26/h5-10,16,22,24H,3-4,11-15,17H2,1-2H3/t22-,24+/m1/s1. The Morgan fingerprint density at radius 1 is 1.00 bits per heavy atom. The summed E-state index contributed by atoms with van der Waals surface area (Å²) >= 11 is 0. The number of methoxy groups -OCH3 is 1. The summed E-state index contributed by atoms with van der Waals surface area (Å²) in [5.74, 6) is 1.24. The average molecular weight is 406 g/mol. The van der Waals surface area contributed by atoms with Crippen LogP contribution in [0.4, 0.5) is 11.4 Å². The molecule has 0 aromatic heterocycles. The molecule has 2 atom stereocenters. The number of carbonyl (C=O) groups excluding carboxylic acids is 1. The fourth-order valence-electron chi connectivity index (χ4n) is 5.35. The SMILES string of the molecule is COc1ccc2c(c1)N1CCN(c3ccc(C)cc3)C[C@H]1[C@H](C(=O)N1CCCC1)C2. The van der Waals surface area contributed by atoms with Crippen molar-refractivity contribution < 1.29 is 9.53 Å². The van der Waals surface area contributed by atoms with Crippen LogP contribution in [0.3, 0.4) is 0 Å². The van der Waals surface area contributed by atoms with Gasteiger partial charge >= 0.3 is 0 Å². The second-order valence-corrected chi connectivity index (χ2v) is 8.88. The number of ether oxygens (including phenoxy) is 1. The van der Waals surface area contributed by atoms with Crippen LogP contribution in [0, 0.1) is 12.8 Å². The molecule has 2 aromatic carbocycles. The predicted octanol–water partition coefficient (Wildman–Crippen LogP) is 3.49. The van der Waals surface area contributed by atoms with Gasteiger partial charge in [0.05, 0.1) is 19.1 Å². The third-order valence-electron chi connectivity index (χ3n) is 7.06. The number of benzene rings is 2. The molecule has 0 N–H and O–H groups in total. The minimum Gasteiger partial charge on any atom is -0.497 e. The summed E-state index contributed by atoms with van der Waals surface area (Å²) in [4.78, 5) is 20.6.